The number of ether oxygens (including phenoxy) is 1. The van der Waals surface area contributed by atoms with Crippen LogP contribution in [0.1, 0.15) is 26.3 Å². The normalized spacial score (nSPS) is 12.2. The summed E-state index contributed by atoms with van der Waals surface area (Å²) in [5.41, 5.74) is 0.226. The number of esters is 1. The zero-order valence-electron chi connectivity index (χ0n) is 11.1. The van der Waals surface area contributed by atoms with Gasteiger partial charge in [0.25, 0.3) is 5.78 Å². The number of pyridine rings is 1. The molecule has 0 saturated heterocycles. The summed E-state index contributed by atoms with van der Waals surface area (Å²) in [6, 6.07) is 3.64. The van der Waals surface area contributed by atoms with Crippen molar-refractivity contribution in [1.29, 1.82) is 0 Å². The average molecular weight is 351 g/mol. The van der Waals surface area contributed by atoms with Crippen molar-refractivity contribution < 1.29 is 14.3 Å². The number of alkyl halides is 1. The Kier molecular flexibility index (Phi) is 7.23. The van der Waals surface area contributed by atoms with E-state index in [9.17, 15) is 9.59 Å². The number of rotatable bonds is 4. The van der Waals surface area contributed by atoms with Crippen LogP contribution in [0.2, 0.25) is 0 Å². The number of nitrogens with zero attached hydrogens (tertiary/aromatic N) is 1. The first-order valence-corrected chi connectivity index (χ1v) is 6.51. The fourth-order valence-electron chi connectivity index (χ4n) is 1.27. The molecule has 0 aliphatic carbocycles. The lowest BCUT2D eigenvalue weighted by Crippen LogP contribution is -2.33. The van der Waals surface area contributed by atoms with Crippen LogP contribution in [-0.4, -0.2) is 27.2 Å². The number of Topliss-reactive ketones (excluding diaryl/α,β-unsaturated/α-hetero) is 1. The Labute approximate surface area is 127 Å². The molecule has 0 saturated carbocycles. The highest BCUT2D eigenvalue weighted by Crippen LogP contribution is 2.14. The highest BCUT2D eigenvalue weighted by Gasteiger charge is 2.28. The maximum absolute atomic E-state index is 11.8. The third-order valence-corrected chi connectivity index (χ3v) is 2.76. The molecule has 106 valence electrons. The molecule has 0 aliphatic heterocycles. The van der Waals surface area contributed by atoms with E-state index in [1.54, 1.807) is 39.2 Å². The number of halogens is 2. The summed E-state index contributed by atoms with van der Waals surface area (Å²) in [4.78, 5) is 26.7. The zero-order chi connectivity index (χ0) is 13.8. The summed E-state index contributed by atoms with van der Waals surface area (Å²) >= 11 is 3.21. The van der Waals surface area contributed by atoms with Crippen molar-refractivity contribution in [3.05, 3.63) is 30.1 Å². The van der Waals surface area contributed by atoms with Crippen molar-refractivity contribution in [1.82, 2.24) is 4.98 Å². The van der Waals surface area contributed by atoms with E-state index in [4.69, 9.17) is 4.74 Å². The minimum absolute atomic E-state index is 0. The first-order chi connectivity index (χ1) is 8.29. The van der Waals surface area contributed by atoms with Gasteiger partial charge in [-0.15, -0.1) is 12.4 Å². The SMILES string of the molecule is CC(C)(C)OC(=O)C(=O)C(Br)Cc1cccnc1.Cl. The van der Waals surface area contributed by atoms with E-state index in [0.717, 1.165) is 5.56 Å². The van der Waals surface area contributed by atoms with Crippen molar-refractivity contribution in [2.45, 2.75) is 37.6 Å². The van der Waals surface area contributed by atoms with Gasteiger partial charge in [0.15, 0.2) is 0 Å². The molecular formula is C13H17BrClNO3. The molecular weight excluding hydrogens is 334 g/mol. The fourth-order valence-corrected chi connectivity index (χ4v) is 1.84. The third kappa shape index (κ3) is 6.68. The molecule has 0 aromatic carbocycles. The number of carbonyl (C=O) groups excluding carboxylic acids is 2. The molecule has 0 amide bonds. The highest BCUT2D eigenvalue weighted by molar-refractivity contribution is 9.10. The topological polar surface area (TPSA) is 56.3 Å². The van der Waals surface area contributed by atoms with E-state index in [1.165, 1.54) is 0 Å². The van der Waals surface area contributed by atoms with E-state index in [0.29, 0.717) is 6.42 Å². The molecule has 0 bridgehead atoms. The van der Waals surface area contributed by atoms with Gasteiger partial charge in [-0.2, -0.15) is 0 Å². The molecule has 1 unspecified atom stereocenters. The monoisotopic (exact) mass is 349 g/mol. The second kappa shape index (κ2) is 7.60. The second-order valence-electron chi connectivity index (χ2n) is 4.90. The van der Waals surface area contributed by atoms with Crippen molar-refractivity contribution in [3.8, 4) is 0 Å². The average Bonchev–Trinajstić information content (AvgIpc) is 2.27. The largest absolute Gasteiger partial charge is 0.454 e. The van der Waals surface area contributed by atoms with Crippen molar-refractivity contribution in [2.75, 3.05) is 0 Å². The van der Waals surface area contributed by atoms with Gasteiger partial charge < -0.3 is 4.74 Å². The lowest BCUT2D eigenvalue weighted by Gasteiger charge is -2.19. The molecule has 0 spiro atoms. The Hall–Kier alpha value is -0.940. The maximum Gasteiger partial charge on any atom is 0.376 e. The predicted molar refractivity (Wildman–Crippen MR) is 78.8 cm³/mol. The van der Waals surface area contributed by atoms with Crippen molar-refractivity contribution in [3.63, 3.8) is 0 Å². The van der Waals surface area contributed by atoms with Crippen LogP contribution in [0.15, 0.2) is 24.5 Å². The molecule has 6 heteroatoms. The van der Waals surface area contributed by atoms with Gasteiger partial charge in [0.2, 0.25) is 0 Å². The van der Waals surface area contributed by atoms with Gasteiger partial charge in [0.1, 0.15) is 5.60 Å². The predicted octanol–water partition coefficient (Wildman–Crippen LogP) is 2.72. The molecule has 1 aromatic heterocycles. The van der Waals surface area contributed by atoms with Gasteiger partial charge in [0, 0.05) is 12.4 Å². The Morgan fingerprint density at radius 3 is 2.53 bits per heavy atom. The number of ketones is 1. The van der Waals surface area contributed by atoms with Gasteiger partial charge in [-0.1, -0.05) is 22.0 Å². The first kappa shape index (κ1) is 18.1. The van der Waals surface area contributed by atoms with Crippen LogP contribution >= 0.6 is 28.3 Å². The number of hydrogen-bond acceptors (Lipinski definition) is 4. The van der Waals surface area contributed by atoms with Crippen LogP contribution in [0.25, 0.3) is 0 Å². The minimum Gasteiger partial charge on any atom is -0.454 e. The molecule has 4 nitrogen and oxygen atoms in total. The second-order valence-corrected chi connectivity index (χ2v) is 6.00. The third-order valence-electron chi connectivity index (χ3n) is 2.02. The smallest absolute Gasteiger partial charge is 0.376 e. The van der Waals surface area contributed by atoms with Gasteiger partial charge >= 0.3 is 5.97 Å². The van der Waals surface area contributed by atoms with E-state index >= 15 is 0 Å². The number of hydrogen-bond donors (Lipinski definition) is 0. The summed E-state index contributed by atoms with van der Waals surface area (Å²) in [5.74, 6) is -1.39. The molecule has 1 atom stereocenters. The first-order valence-electron chi connectivity index (χ1n) is 5.60. The standard InChI is InChI=1S/C13H16BrNO3.ClH/c1-13(2,3)18-12(17)11(16)10(14)7-9-5-4-6-15-8-9;/h4-6,8,10H,7H2,1-3H3;1H. The molecule has 0 N–H and O–H groups in total. The van der Waals surface area contributed by atoms with Crippen molar-refractivity contribution >= 4 is 40.1 Å². The summed E-state index contributed by atoms with van der Waals surface area (Å²) < 4.78 is 5.02. The lowest BCUT2D eigenvalue weighted by atomic mass is 10.1. The number of aromatic nitrogens is 1. The Balaban J connectivity index is 0.00000324. The Morgan fingerprint density at radius 1 is 1.42 bits per heavy atom. The van der Waals surface area contributed by atoms with E-state index in [1.807, 2.05) is 6.07 Å². The molecule has 0 aliphatic rings. The molecule has 0 fully saturated rings. The van der Waals surface area contributed by atoms with Gasteiger partial charge in [-0.3, -0.25) is 9.78 Å². The molecule has 1 rings (SSSR count). The highest BCUT2D eigenvalue weighted by atomic mass is 79.9. The van der Waals surface area contributed by atoms with Crippen LogP contribution in [0, 0.1) is 0 Å². The summed E-state index contributed by atoms with van der Waals surface area (Å²) in [6.07, 6.45) is 3.73. The lowest BCUT2D eigenvalue weighted by molar-refractivity contribution is -0.162. The van der Waals surface area contributed by atoms with Crippen LogP contribution in [0.3, 0.4) is 0 Å². The number of carbonyl (C=O) groups is 2. The van der Waals surface area contributed by atoms with E-state index < -0.39 is 22.2 Å². The van der Waals surface area contributed by atoms with Crippen LogP contribution in [0.5, 0.6) is 0 Å². The fraction of sp³-hybridized carbons (Fsp3) is 0.462. The van der Waals surface area contributed by atoms with Crippen LogP contribution in [-0.2, 0) is 20.7 Å². The van der Waals surface area contributed by atoms with E-state index in [-0.39, 0.29) is 12.4 Å². The van der Waals surface area contributed by atoms with Crippen LogP contribution < -0.4 is 0 Å². The molecule has 0 radical (unpaired) electrons. The maximum atomic E-state index is 11.8. The van der Waals surface area contributed by atoms with Gasteiger partial charge in [-0.25, -0.2) is 4.79 Å². The zero-order valence-corrected chi connectivity index (χ0v) is 13.5. The van der Waals surface area contributed by atoms with Crippen LogP contribution in [0.4, 0.5) is 0 Å². The van der Waals surface area contributed by atoms with Gasteiger partial charge in [-0.05, 0) is 38.8 Å². The summed E-state index contributed by atoms with van der Waals surface area (Å²) in [7, 11) is 0. The van der Waals surface area contributed by atoms with Gasteiger partial charge in [0.05, 0.1) is 4.83 Å². The molecule has 19 heavy (non-hydrogen) atoms. The summed E-state index contributed by atoms with van der Waals surface area (Å²) in [6.45, 7) is 5.17. The minimum atomic E-state index is -0.812. The Morgan fingerprint density at radius 2 is 2.05 bits per heavy atom. The molecule has 1 aromatic rings. The molecule has 1 heterocycles. The van der Waals surface area contributed by atoms with Crippen molar-refractivity contribution in [2.24, 2.45) is 0 Å². The quantitative estimate of drug-likeness (QED) is 0.476. The summed E-state index contributed by atoms with van der Waals surface area (Å²) in [5, 5.41) is 0. The Bertz CT molecular complexity index is 431. The van der Waals surface area contributed by atoms with E-state index in [2.05, 4.69) is 20.9 Å².